The molecule has 0 aliphatic heterocycles. The van der Waals surface area contributed by atoms with Crippen LogP contribution in [0.5, 0.6) is 0 Å². The predicted molar refractivity (Wildman–Crippen MR) is 114 cm³/mol. The molecule has 4 aromatic rings. The first-order valence-electron chi connectivity index (χ1n) is 8.72. The van der Waals surface area contributed by atoms with Crippen LogP contribution in [0.4, 0.5) is 29.3 Å². The number of urea groups is 1. The lowest BCUT2D eigenvalue weighted by atomic mass is 10.1. The maximum Gasteiger partial charge on any atom is 0.417 e. The van der Waals surface area contributed by atoms with Crippen molar-refractivity contribution in [2.45, 2.75) is 6.18 Å². The topological polar surface area (TPSA) is 76.5 Å². The smallest absolute Gasteiger partial charge is 0.351 e. The fourth-order valence-electron chi connectivity index (χ4n) is 3.16. The van der Waals surface area contributed by atoms with Crippen LogP contribution in [0.3, 0.4) is 0 Å². The molecule has 0 aliphatic carbocycles. The molecule has 0 radical (unpaired) electrons. The summed E-state index contributed by atoms with van der Waals surface area (Å²) in [6, 6.07) is 10.6. The van der Waals surface area contributed by atoms with E-state index < -0.39 is 22.8 Å². The summed E-state index contributed by atoms with van der Waals surface area (Å²) in [6.07, 6.45) is -1.49. The Hall–Kier alpha value is -3.11. The highest BCUT2D eigenvalue weighted by Crippen LogP contribution is 2.39. The van der Waals surface area contributed by atoms with E-state index in [9.17, 15) is 18.0 Å². The third-order valence-electron chi connectivity index (χ3n) is 4.49. The Labute approximate surface area is 187 Å². The highest BCUT2D eigenvalue weighted by molar-refractivity contribution is 9.10. The van der Waals surface area contributed by atoms with Gasteiger partial charge in [0.15, 0.2) is 5.65 Å². The first-order valence-corrected chi connectivity index (χ1v) is 9.89. The van der Waals surface area contributed by atoms with Gasteiger partial charge in [-0.25, -0.2) is 14.3 Å². The van der Waals surface area contributed by atoms with Crippen LogP contribution >= 0.6 is 27.5 Å². The third kappa shape index (κ3) is 3.96. The zero-order valence-corrected chi connectivity index (χ0v) is 17.8. The van der Waals surface area contributed by atoms with Crippen LogP contribution in [0.15, 0.2) is 65.4 Å². The van der Waals surface area contributed by atoms with Crippen LogP contribution < -0.4 is 10.6 Å². The number of alkyl halides is 3. The molecule has 0 unspecified atom stereocenters. The number of amides is 2. The summed E-state index contributed by atoms with van der Waals surface area (Å²) in [5.41, 5.74) is 6.56. The summed E-state index contributed by atoms with van der Waals surface area (Å²) in [4.78, 5) is 17.4. The minimum atomic E-state index is -4.69. The maximum atomic E-state index is 13.3. The van der Waals surface area contributed by atoms with E-state index in [1.807, 2.05) is 0 Å². The van der Waals surface area contributed by atoms with Gasteiger partial charge in [0, 0.05) is 11.8 Å². The van der Waals surface area contributed by atoms with Crippen LogP contribution in [0.2, 0.25) is 5.02 Å². The zero-order valence-electron chi connectivity index (χ0n) is 15.4. The zero-order chi connectivity index (χ0) is 22.3. The Morgan fingerprint density at radius 3 is 2.58 bits per heavy atom. The molecule has 4 rings (SSSR count). The van der Waals surface area contributed by atoms with E-state index in [1.54, 1.807) is 47.2 Å². The van der Waals surface area contributed by atoms with Crippen LogP contribution in [0.25, 0.3) is 16.9 Å². The van der Waals surface area contributed by atoms with Crippen molar-refractivity contribution in [3.63, 3.8) is 0 Å². The summed E-state index contributed by atoms with van der Waals surface area (Å²) in [6.45, 7) is 0. The molecule has 31 heavy (non-hydrogen) atoms. The van der Waals surface area contributed by atoms with Gasteiger partial charge in [0.05, 0.1) is 38.3 Å². The quantitative estimate of drug-likeness (QED) is 0.365. The van der Waals surface area contributed by atoms with Crippen molar-refractivity contribution in [1.29, 1.82) is 0 Å². The molecule has 0 fully saturated rings. The van der Waals surface area contributed by atoms with Crippen LogP contribution in [-0.2, 0) is 6.18 Å². The first kappa shape index (κ1) is 21.1. The van der Waals surface area contributed by atoms with Gasteiger partial charge in [-0.1, -0.05) is 23.7 Å². The molecule has 2 N–H and O–H groups in total. The first-order chi connectivity index (χ1) is 14.7. The summed E-state index contributed by atoms with van der Waals surface area (Å²) in [5, 5.41) is 3.80. The minimum absolute atomic E-state index is 0.0666. The molecular weight excluding hydrogens is 499 g/mol. The SMILES string of the molecule is NC(=O)N(c1cccc(-c2ccnc3c(Br)cnn23)c1)c1ccc(Cl)c(C(F)(F)F)c1. The Morgan fingerprint density at radius 2 is 1.87 bits per heavy atom. The predicted octanol–water partition coefficient (Wildman–Crippen LogP) is 6.05. The second-order valence-electron chi connectivity index (χ2n) is 6.44. The van der Waals surface area contributed by atoms with Gasteiger partial charge in [-0.15, -0.1) is 0 Å². The van der Waals surface area contributed by atoms with Gasteiger partial charge in [0.25, 0.3) is 0 Å². The van der Waals surface area contributed by atoms with Crippen molar-refractivity contribution >= 4 is 50.6 Å². The van der Waals surface area contributed by atoms with Crippen LogP contribution in [0, 0.1) is 0 Å². The molecule has 0 aliphatic rings. The molecule has 0 bridgehead atoms. The van der Waals surface area contributed by atoms with E-state index in [0.717, 1.165) is 17.0 Å². The van der Waals surface area contributed by atoms with Gasteiger partial charge in [0.2, 0.25) is 0 Å². The second-order valence-corrected chi connectivity index (χ2v) is 7.71. The Bertz CT molecular complexity index is 1310. The van der Waals surface area contributed by atoms with Crippen molar-refractivity contribution in [1.82, 2.24) is 14.6 Å². The minimum Gasteiger partial charge on any atom is -0.351 e. The lowest BCUT2D eigenvalue weighted by Gasteiger charge is -2.23. The molecule has 6 nitrogen and oxygen atoms in total. The molecule has 11 heteroatoms. The van der Waals surface area contributed by atoms with Crippen LogP contribution in [-0.4, -0.2) is 20.6 Å². The molecular formula is C20H12BrClF3N5O. The van der Waals surface area contributed by atoms with Gasteiger partial charge in [-0.2, -0.15) is 18.3 Å². The number of rotatable bonds is 3. The Kier molecular flexibility index (Phi) is 5.36. The van der Waals surface area contributed by atoms with E-state index in [-0.39, 0.29) is 11.4 Å². The van der Waals surface area contributed by atoms with Crippen molar-refractivity contribution in [3.8, 4) is 11.3 Å². The number of carbonyl (C=O) groups is 1. The number of primary amides is 1. The highest BCUT2D eigenvalue weighted by Gasteiger charge is 2.34. The van der Waals surface area contributed by atoms with Crippen molar-refractivity contribution in [2.75, 3.05) is 4.90 Å². The standard InChI is InChI=1S/C20H12BrClF3N5O/c21-15-10-28-30-17(6-7-27-18(15)30)11-2-1-3-12(8-11)29(19(26)31)13-4-5-16(22)14(9-13)20(23,24)25/h1-10H,(H2,26,31). The number of nitrogens with two attached hydrogens (primary N) is 1. The van der Waals surface area contributed by atoms with E-state index in [2.05, 4.69) is 26.0 Å². The number of aromatic nitrogens is 3. The number of carbonyl (C=O) groups excluding carboxylic acids is 1. The molecule has 158 valence electrons. The lowest BCUT2D eigenvalue weighted by molar-refractivity contribution is -0.137. The fourth-order valence-corrected chi connectivity index (χ4v) is 3.75. The summed E-state index contributed by atoms with van der Waals surface area (Å²) < 4.78 is 42.2. The molecule has 2 amide bonds. The maximum absolute atomic E-state index is 13.3. The highest BCUT2D eigenvalue weighted by atomic mass is 79.9. The lowest BCUT2D eigenvalue weighted by Crippen LogP contribution is -2.31. The van der Waals surface area contributed by atoms with Crippen molar-refractivity contribution < 1.29 is 18.0 Å². The Balaban J connectivity index is 1.84. The normalized spacial score (nSPS) is 11.6. The molecule has 0 atom stereocenters. The summed E-state index contributed by atoms with van der Waals surface area (Å²) in [7, 11) is 0. The molecule has 0 saturated carbocycles. The average molecular weight is 511 g/mol. The summed E-state index contributed by atoms with van der Waals surface area (Å²) in [5.74, 6) is 0. The summed E-state index contributed by atoms with van der Waals surface area (Å²) >= 11 is 9.07. The number of fused-ring (bicyclic) bond motifs is 1. The van der Waals surface area contributed by atoms with E-state index in [0.29, 0.717) is 21.4 Å². The van der Waals surface area contributed by atoms with Gasteiger partial charge in [0.1, 0.15) is 0 Å². The van der Waals surface area contributed by atoms with Gasteiger partial charge >= 0.3 is 12.2 Å². The Morgan fingerprint density at radius 1 is 1.13 bits per heavy atom. The van der Waals surface area contributed by atoms with Gasteiger partial charge in [-0.3, -0.25) is 4.90 Å². The molecule has 0 saturated heterocycles. The van der Waals surface area contributed by atoms with Crippen molar-refractivity contribution in [3.05, 3.63) is 76.0 Å². The van der Waals surface area contributed by atoms with Crippen molar-refractivity contribution in [2.24, 2.45) is 5.73 Å². The monoisotopic (exact) mass is 509 g/mol. The number of benzene rings is 2. The fraction of sp³-hybridized carbons (Fsp3) is 0.0500. The number of hydrogen-bond donors (Lipinski definition) is 1. The number of halogens is 5. The van der Waals surface area contributed by atoms with E-state index >= 15 is 0 Å². The third-order valence-corrected chi connectivity index (χ3v) is 5.38. The number of anilines is 2. The van der Waals surface area contributed by atoms with Gasteiger partial charge in [-0.05, 0) is 52.3 Å². The number of hydrogen-bond acceptors (Lipinski definition) is 3. The average Bonchev–Trinajstić information content (AvgIpc) is 3.10. The largest absolute Gasteiger partial charge is 0.417 e. The van der Waals surface area contributed by atoms with E-state index in [1.165, 1.54) is 6.07 Å². The molecule has 0 spiro atoms. The number of nitrogens with zero attached hydrogens (tertiary/aromatic N) is 4. The van der Waals surface area contributed by atoms with E-state index in [4.69, 9.17) is 17.3 Å². The molecule has 2 heterocycles. The van der Waals surface area contributed by atoms with Crippen LogP contribution in [0.1, 0.15) is 5.56 Å². The molecule has 2 aromatic heterocycles. The molecule has 2 aromatic carbocycles. The van der Waals surface area contributed by atoms with Gasteiger partial charge < -0.3 is 5.73 Å². The second kappa shape index (κ2) is 7.86.